The second-order valence-electron chi connectivity index (χ2n) is 4.64. The molecule has 0 spiro atoms. The maximum Gasteiger partial charge on any atom is 0.0684 e. The van der Waals surface area contributed by atoms with Crippen LogP contribution in [0.2, 0.25) is 0 Å². The predicted molar refractivity (Wildman–Crippen MR) is 72.7 cm³/mol. The molecule has 91 valence electrons. The Morgan fingerprint density at radius 3 is 2.39 bits per heavy atom. The van der Waals surface area contributed by atoms with Gasteiger partial charge in [-0.2, -0.15) is 5.43 Å². The number of nitrogens with zero attached hydrogens (tertiary/aromatic N) is 1. The fourth-order valence-corrected chi connectivity index (χ4v) is 2.33. The average molecular weight is 238 g/mol. The molecule has 0 bridgehead atoms. The average Bonchev–Trinajstić information content (AvgIpc) is 2.90. The Bertz CT molecular complexity index is 507. The van der Waals surface area contributed by atoms with Crippen molar-refractivity contribution in [1.29, 1.82) is 0 Å². The van der Waals surface area contributed by atoms with Gasteiger partial charge < -0.3 is 5.73 Å². The summed E-state index contributed by atoms with van der Waals surface area (Å²) in [6.07, 6.45) is 0.994. The molecule has 2 aromatic carbocycles. The molecule has 0 amide bonds. The number of benzene rings is 2. The summed E-state index contributed by atoms with van der Waals surface area (Å²) < 4.78 is 0. The first-order valence-corrected chi connectivity index (χ1v) is 6.19. The molecule has 2 atom stereocenters. The number of hydrogen-bond donors (Lipinski definition) is 2. The van der Waals surface area contributed by atoms with Crippen molar-refractivity contribution < 1.29 is 0 Å². The molecule has 18 heavy (non-hydrogen) atoms. The van der Waals surface area contributed by atoms with Gasteiger partial charge >= 0.3 is 0 Å². The van der Waals surface area contributed by atoms with Crippen molar-refractivity contribution in [1.82, 2.24) is 10.9 Å². The lowest BCUT2D eigenvalue weighted by Gasteiger charge is -2.09. The molecule has 1 aliphatic rings. The van der Waals surface area contributed by atoms with E-state index in [0.717, 1.165) is 12.1 Å². The molecule has 3 rings (SSSR count). The number of nitrogen functional groups attached to an aromatic ring is 1. The van der Waals surface area contributed by atoms with E-state index in [2.05, 4.69) is 47.2 Å². The van der Waals surface area contributed by atoms with E-state index in [9.17, 15) is 0 Å². The van der Waals surface area contributed by atoms with Gasteiger partial charge in [0.1, 0.15) is 0 Å². The Kier molecular flexibility index (Phi) is 3.00. The van der Waals surface area contributed by atoms with Crippen LogP contribution in [0.5, 0.6) is 0 Å². The van der Waals surface area contributed by atoms with Crippen LogP contribution in [-0.2, 0) is 0 Å². The van der Waals surface area contributed by atoms with E-state index >= 15 is 0 Å². The summed E-state index contributed by atoms with van der Waals surface area (Å²) in [6.45, 7) is 0. The minimum Gasteiger partial charge on any atom is -0.399 e. The molecule has 3 heteroatoms. The Hall–Kier alpha value is -1.84. The lowest BCUT2D eigenvalue weighted by atomic mass is 9.98. The molecule has 3 nitrogen and oxygen atoms in total. The van der Waals surface area contributed by atoms with Crippen LogP contribution in [0, 0.1) is 0 Å². The number of nitrogens with one attached hydrogen (secondary N) is 1. The minimum atomic E-state index is 0.244. The van der Waals surface area contributed by atoms with Crippen LogP contribution in [0.4, 0.5) is 5.69 Å². The second-order valence-corrected chi connectivity index (χ2v) is 4.64. The third-order valence-corrected chi connectivity index (χ3v) is 3.37. The van der Waals surface area contributed by atoms with Crippen LogP contribution in [0.15, 0.2) is 54.6 Å². The van der Waals surface area contributed by atoms with Gasteiger partial charge in [0.25, 0.3) is 0 Å². The molecule has 1 fully saturated rings. The molecular weight excluding hydrogens is 222 g/mol. The van der Waals surface area contributed by atoms with Crippen molar-refractivity contribution >= 4 is 5.69 Å². The van der Waals surface area contributed by atoms with Gasteiger partial charge in [0.15, 0.2) is 0 Å². The van der Waals surface area contributed by atoms with E-state index in [1.165, 1.54) is 11.1 Å². The monoisotopic (exact) mass is 238 g/mol. The highest BCUT2D eigenvalue weighted by atomic mass is 15.4. The quantitative estimate of drug-likeness (QED) is 0.790. The summed E-state index contributed by atoms with van der Waals surface area (Å²) in [4.78, 5) is 0. The van der Waals surface area contributed by atoms with Crippen LogP contribution in [0.25, 0.3) is 0 Å². The molecule has 0 aromatic heterocycles. The Labute approximate surface area is 107 Å². The molecule has 1 saturated heterocycles. The van der Waals surface area contributed by atoms with E-state index in [4.69, 9.17) is 5.73 Å². The van der Waals surface area contributed by atoms with Crippen molar-refractivity contribution in [2.45, 2.75) is 18.5 Å². The molecule has 1 radical (unpaired) electrons. The molecule has 1 aliphatic heterocycles. The Morgan fingerprint density at radius 1 is 0.944 bits per heavy atom. The normalized spacial score (nSPS) is 23.1. The summed E-state index contributed by atoms with van der Waals surface area (Å²) in [5.74, 6) is 0. The van der Waals surface area contributed by atoms with Crippen LogP contribution in [-0.4, -0.2) is 0 Å². The van der Waals surface area contributed by atoms with Crippen LogP contribution in [0.1, 0.15) is 29.6 Å². The van der Waals surface area contributed by atoms with Crippen molar-refractivity contribution in [3.8, 4) is 0 Å². The maximum absolute atomic E-state index is 5.70. The summed E-state index contributed by atoms with van der Waals surface area (Å²) in [6, 6.07) is 18.9. The van der Waals surface area contributed by atoms with E-state index in [0.29, 0.717) is 0 Å². The second kappa shape index (κ2) is 4.80. The van der Waals surface area contributed by atoms with Gasteiger partial charge in [-0.1, -0.05) is 42.5 Å². The first-order valence-electron chi connectivity index (χ1n) is 6.19. The minimum absolute atomic E-state index is 0.244. The smallest absolute Gasteiger partial charge is 0.0684 e. The molecule has 0 saturated carbocycles. The molecule has 0 aliphatic carbocycles. The molecule has 2 aromatic rings. The Morgan fingerprint density at radius 2 is 1.67 bits per heavy atom. The van der Waals surface area contributed by atoms with Gasteiger partial charge in [0.05, 0.1) is 6.04 Å². The van der Waals surface area contributed by atoms with E-state index in [1.54, 1.807) is 0 Å². The van der Waals surface area contributed by atoms with Gasteiger partial charge in [-0.15, -0.1) is 0 Å². The lowest BCUT2D eigenvalue weighted by molar-refractivity contribution is 0.541. The van der Waals surface area contributed by atoms with Crippen molar-refractivity contribution in [3.05, 3.63) is 65.7 Å². The zero-order chi connectivity index (χ0) is 12.4. The molecule has 3 N–H and O–H groups in total. The standard InChI is InChI=1S/C15H16N3/c16-13-8-6-12(7-9-13)15-10-14(17-18-15)11-4-2-1-3-5-11/h1-9,14-15,18H,10,16H2. The van der Waals surface area contributed by atoms with E-state index in [1.807, 2.05) is 18.2 Å². The number of rotatable bonds is 2. The van der Waals surface area contributed by atoms with Gasteiger partial charge in [-0.3, -0.25) is 0 Å². The Balaban J connectivity index is 1.74. The molecule has 1 heterocycles. The third kappa shape index (κ3) is 2.23. The van der Waals surface area contributed by atoms with Crippen LogP contribution >= 0.6 is 0 Å². The van der Waals surface area contributed by atoms with Crippen molar-refractivity contribution in [2.75, 3.05) is 5.73 Å². The van der Waals surface area contributed by atoms with E-state index in [-0.39, 0.29) is 12.1 Å². The SMILES string of the molecule is Nc1ccc(C2CC(c3ccccc3)[N]N2)cc1. The topological polar surface area (TPSA) is 52.2 Å². The van der Waals surface area contributed by atoms with Gasteiger partial charge in [0.2, 0.25) is 0 Å². The highest BCUT2D eigenvalue weighted by molar-refractivity contribution is 5.40. The maximum atomic E-state index is 5.70. The van der Waals surface area contributed by atoms with Crippen LogP contribution < -0.4 is 16.6 Å². The van der Waals surface area contributed by atoms with Gasteiger partial charge in [0, 0.05) is 11.7 Å². The van der Waals surface area contributed by atoms with Crippen molar-refractivity contribution in [3.63, 3.8) is 0 Å². The number of nitrogens with two attached hydrogens (primary N) is 1. The first-order chi connectivity index (χ1) is 8.83. The van der Waals surface area contributed by atoms with E-state index < -0.39 is 0 Å². The zero-order valence-corrected chi connectivity index (χ0v) is 10.1. The lowest BCUT2D eigenvalue weighted by Crippen LogP contribution is -2.19. The van der Waals surface area contributed by atoms with Crippen LogP contribution in [0.3, 0.4) is 0 Å². The largest absolute Gasteiger partial charge is 0.399 e. The third-order valence-electron chi connectivity index (χ3n) is 3.37. The first kappa shape index (κ1) is 11.3. The number of anilines is 1. The number of hydrogen-bond acceptors (Lipinski definition) is 2. The molecular formula is C15H16N3. The predicted octanol–water partition coefficient (Wildman–Crippen LogP) is 2.56. The summed E-state index contributed by atoms with van der Waals surface area (Å²) in [5.41, 5.74) is 16.7. The summed E-state index contributed by atoms with van der Waals surface area (Å²) >= 11 is 0. The highest BCUT2D eigenvalue weighted by Gasteiger charge is 2.27. The zero-order valence-electron chi connectivity index (χ0n) is 10.1. The fourth-order valence-electron chi connectivity index (χ4n) is 2.33. The van der Waals surface area contributed by atoms with Gasteiger partial charge in [-0.25, -0.2) is 5.43 Å². The summed E-state index contributed by atoms with van der Waals surface area (Å²) in [5, 5.41) is 0. The van der Waals surface area contributed by atoms with Crippen molar-refractivity contribution in [2.24, 2.45) is 0 Å². The highest BCUT2D eigenvalue weighted by Crippen LogP contribution is 2.31. The fraction of sp³-hybridized carbons (Fsp3) is 0.200. The van der Waals surface area contributed by atoms with Gasteiger partial charge in [-0.05, 0) is 29.7 Å². The summed E-state index contributed by atoms with van der Waals surface area (Å²) in [7, 11) is 0. The molecule has 2 unspecified atom stereocenters.